The fourth-order valence-corrected chi connectivity index (χ4v) is 3.48. The maximum atomic E-state index is 13.0. The van der Waals surface area contributed by atoms with E-state index in [1.54, 1.807) is 26.0 Å². The first kappa shape index (κ1) is 14.1. The Hall–Kier alpha value is -1.86. The molecular formula is C14H19N3O4. The van der Waals surface area contributed by atoms with Gasteiger partial charge in [0.2, 0.25) is 0 Å². The third kappa shape index (κ3) is 1.67. The van der Waals surface area contributed by atoms with Gasteiger partial charge in [0.05, 0.1) is 6.26 Å². The molecule has 114 valence electrons. The molecule has 1 fully saturated rings. The van der Waals surface area contributed by atoms with E-state index < -0.39 is 11.2 Å². The van der Waals surface area contributed by atoms with Crippen molar-refractivity contribution in [1.82, 2.24) is 5.06 Å². The lowest BCUT2D eigenvalue weighted by Crippen LogP contribution is -2.60. The molecule has 2 heterocycles. The van der Waals surface area contributed by atoms with Gasteiger partial charge in [-0.25, -0.2) is 0 Å². The van der Waals surface area contributed by atoms with Crippen LogP contribution >= 0.6 is 0 Å². The number of hydrogen-bond donors (Lipinski definition) is 2. The van der Waals surface area contributed by atoms with E-state index in [1.165, 1.54) is 6.26 Å². The molecule has 7 nitrogen and oxygen atoms in total. The quantitative estimate of drug-likeness (QED) is 0.358. The first-order chi connectivity index (χ1) is 9.96. The van der Waals surface area contributed by atoms with Gasteiger partial charge in [-0.1, -0.05) is 5.16 Å². The van der Waals surface area contributed by atoms with Crippen molar-refractivity contribution >= 4 is 11.4 Å². The molecule has 0 saturated heterocycles. The molecule has 0 unspecified atom stereocenters. The number of furan rings is 1. The summed E-state index contributed by atoms with van der Waals surface area (Å²) in [6, 6.07) is 3.38. The topological polar surface area (TPSA) is 95.3 Å². The van der Waals surface area contributed by atoms with Crippen molar-refractivity contribution in [3.63, 3.8) is 0 Å². The second-order valence-corrected chi connectivity index (χ2v) is 6.06. The van der Waals surface area contributed by atoms with Gasteiger partial charge in [-0.05, 0) is 45.2 Å². The maximum Gasteiger partial charge on any atom is 0.294 e. The Bertz CT molecular complexity index is 606. The number of rotatable bonds is 1. The van der Waals surface area contributed by atoms with Crippen molar-refractivity contribution in [1.29, 1.82) is 0 Å². The van der Waals surface area contributed by atoms with Crippen molar-refractivity contribution < 1.29 is 19.6 Å². The van der Waals surface area contributed by atoms with E-state index in [2.05, 4.69) is 5.16 Å². The second-order valence-electron chi connectivity index (χ2n) is 6.06. The fraction of sp³-hybridized carbons (Fsp3) is 0.571. The molecule has 2 N–H and O–H groups in total. The minimum atomic E-state index is -1.35. The van der Waals surface area contributed by atoms with E-state index in [9.17, 15) is 15.6 Å². The van der Waals surface area contributed by atoms with Crippen LogP contribution in [0.3, 0.4) is 0 Å². The smallest absolute Gasteiger partial charge is 0.294 e. The highest BCUT2D eigenvalue weighted by Gasteiger charge is 2.66. The summed E-state index contributed by atoms with van der Waals surface area (Å²) in [7, 11) is 0. The van der Waals surface area contributed by atoms with Crippen molar-refractivity contribution in [2.24, 2.45) is 5.16 Å². The van der Waals surface area contributed by atoms with E-state index in [0.717, 1.165) is 22.6 Å². The molecule has 1 aromatic heterocycles. The molecule has 7 heteroatoms. The van der Waals surface area contributed by atoms with Gasteiger partial charge in [-0.3, -0.25) is 0 Å². The molecular weight excluding hydrogens is 274 g/mol. The molecule has 3 rings (SSSR count). The Kier molecular flexibility index (Phi) is 3.07. The highest BCUT2D eigenvalue weighted by Crippen LogP contribution is 2.42. The Morgan fingerprint density at radius 2 is 2.19 bits per heavy atom. The van der Waals surface area contributed by atoms with Crippen molar-refractivity contribution in [2.45, 2.75) is 50.7 Å². The average molecular weight is 293 g/mol. The van der Waals surface area contributed by atoms with E-state index in [0.29, 0.717) is 30.0 Å². The standard InChI is InChI=1S/C14H19N3O4/c1-13(2)12(10-6-5-9-21-10)16(19)14(17(13)20)8-4-3-7-11(14)15-18/h5-6,9,18,20H,3-4,7-8H2,1-2H3/b15-11+/t14-/m0/s1. The normalized spacial score (nSPS) is 31.5. The molecule has 1 aliphatic carbocycles. The Labute approximate surface area is 122 Å². The Balaban J connectivity index is 2.23. The molecule has 0 radical (unpaired) electrons. The van der Waals surface area contributed by atoms with Gasteiger partial charge >= 0.3 is 0 Å². The monoisotopic (exact) mass is 293 g/mol. The van der Waals surface area contributed by atoms with Crippen LogP contribution in [0.1, 0.15) is 45.3 Å². The SMILES string of the molecule is CC1(C)C(c2ccco2)=[N+]([O-])[C@@]2(CCCC/C2=N\O)N1O. The minimum absolute atomic E-state index is 0.292. The summed E-state index contributed by atoms with van der Waals surface area (Å²) in [6.45, 7) is 3.49. The van der Waals surface area contributed by atoms with Crippen LogP contribution in [0.25, 0.3) is 0 Å². The van der Waals surface area contributed by atoms with Crippen LogP contribution in [0.4, 0.5) is 0 Å². The third-order valence-corrected chi connectivity index (χ3v) is 4.52. The predicted molar refractivity (Wildman–Crippen MR) is 74.6 cm³/mol. The van der Waals surface area contributed by atoms with Gasteiger partial charge in [0, 0.05) is 6.42 Å². The van der Waals surface area contributed by atoms with Crippen molar-refractivity contribution in [3.8, 4) is 0 Å². The molecule has 0 bridgehead atoms. The molecule has 0 amide bonds. The average Bonchev–Trinajstić information content (AvgIpc) is 3.03. The zero-order chi connectivity index (χ0) is 15.3. The molecule has 1 aromatic rings. The van der Waals surface area contributed by atoms with E-state index in [-0.39, 0.29) is 0 Å². The molecule has 1 spiro atoms. The molecule has 0 aromatic carbocycles. The molecule has 1 aliphatic heterocycles. The van der Waals surface area contributed by atoms with E-state index in [4.69, 9.17) is 4.42 Å². The molecule has 2 aliphatic rings. The van der Waals surface area contributed by atoms with Gasteiger partial charge in [-0.15, -0.1) is 5.06 Å². The van der Waals surface area contributed by atoms with Crippen LogP contribution in [0.2, 0.25) is 0 Å². The lowest BCUT2D eigenvalue weighted by Gasteiger charge is -2.38. The first-order valence-electron chi connectivity index (χ1n) is 7.05. The number of nitrogens with zero attached hydrogens (tertiary/aromatic N) is 3. The van der Waals surface area contributed by atoms with Gasteiger partial charge in [0.25, 0.3) is 11.4 Å². The fourth-order valence-electron chi connectivity index (χ4n) is 3.48. The lowest BCUT2D eigenvalue weighted by molar-refractivity contribution is -0.569. The number of oxime groups is 1. The third-order valence-electron chi connectivity index (χ3n) is 4.52. The predicted octanol–water partition coefficient (Wildman–Crippen LogP) is 2.16. The zero-order valence-electron chi connectivity index (χ0n) is 12.1. The Morgan fingerprint density at radius 3 is 2.81 bits per heavy atom. The van der Waals surface area contributed by atoms with E-state index >= 15 is 0 Å². The highest BCUT2D eigenvalue weighted by molar-refractivity contribution is 6.05. The van der Waals surface area contributed by atoms with Crippen molar-refractivity contribution in [3.05, 3.63) is 29.4 Å². The summed E-state index contributed by atoms with van der Waals surface area (Å²) in [5, 5.41) is 37.3. The number of hydroxylamine groups is 3. The van der Waals surface area contributed by atoms with Crippen LogP contribution in [0.15, 0.2) is 28.0 Å². The molecule has 1 saturated carbocycles. The van der Waals surface area contributed by atoms with Gasteiger partial charge < -0.3 is 20.0 Å². The van der Waals surface area contributed by atoms with Gasteiger partial charge in [-0.2, -0.15) is 4.74 Å². The van der Waals surface area contributed by atoms with Crippen LogP contribution in [-0.4, -0.2) is 42.8 Å². The maximum absolute atomic E-state index is 13.0. The summed E-state index contributed by atoms with van der Waals surface area (Å²) in [5.41, 5.74) is -1.68. The summed E-state index contributed by atoms with van der Waals surface area (Å²) in [6.07, 6.45) is 3.98. The lowest BCUT2D eigenvalue weighted by atomic mass is 9.86. The zero-order valence-corrected chi connectivity index (χ0v) is 12.1. The Morgan fingerprint density at radius 1 is 1.43 bits per heavy atom. The van der Waals surface area contributed by atoms with E-state index in [1.807, 2.05) is 0 Å². The van der Waals surface area contributed by atoms with Gasteiger partial charge in [0.1, 0.15) is 11.3 Å². The summed E-state index contributed by atoms with van der Waals surface area (Å²) in [5.74, 6) is 0.411. The number of hydrogen-bond acceptors (Lipinski definition) is 6. The van der Waals surface area contributed by atoms with Crippen molar-refractivity contribution in [2.75, 3.05) is 0 Å². The molecule has 1 atom stereocenters. The summed E-state index contributed by atoms with van der Waals surface area (Å²) >= 11 is 0. The van der Waals surface area contributed by atoms with Crippen LogP contribution in [0.5, 0.6) is 0 Å². The minimum Gasteiger partial charge on any atom is -0.622 e. The first-order valence-corrected chi connectivity index (χ1v) is 7.05. The van der Waals surface area contributed by atoms with Gasteiger partial charge in [0.15, 0.2) is 5.76 Å². The highest BCUT2D eigenvalue weighted by atomic mass is 16.6. The molecule has 21 heavy (non-hydrogen) atoms. The van der Waals surface area contributed by atoms with Crippen LogP contribution in [0, 0.1) is 5.21 Å². The summed E-state index contributed by atoms with van der Waals surface area (Å²) < 4.78 is 6.11. The second kappa shape index (κ2) is 4.57. The van der Waals surface area contributed by atoms with Crippen LogP contribution < -0.4 is 0 Å². The summed E-state index contributed by atoms with van der Waals surface area (Å²) in [4.78, 5) is 0. The largest absolute Gasteiger partial charge is 0.622 e. The van der Waals surface area contributed by atoms with Crippen LogP contribution in [-0.2, 0) is 0 Å².